The monoisotopic (exact) mass is 491 g/mol. The molecule has 0 saturated heterocycles. The average Bonchev–Trinajstić information content (AvgIpc) is 3.37. The predicted molar refractivity (Wildman–Crippen MR) is 138 cm³/mol. The number of anilines is 2. The van der Waals surface area contributed by atoms with Crippen LogP contribution in [0.2, 0.25) is 0 Å². The Hall–Kier alpha value is -3.42. The number of benzene rings is 2. The number of hydrogen-bond donors (Lipinski definition) is 0. The number of rotatable bonds is 5. The quantitative estimate of drug-likeness (QED) is 0.363. The van der Waals surface area contributed by atoms with Crippen LogP contribution < -0.4 is 10.6 Å². The van der Waals surface area contributed by atoms with Crippen molar-refractivity contribution in [1.29, 1.82) is 0 Å². The predicted octanol–water partition coefficient (Wildman–Crippen LogP) is 5.64. The molecule has 1 aliphatic carbocycles. The highest BCUT2D eigenvalue weighted by Gasteiger charge is 2.27. The van der Waals surface area contributed by atoms with Crippen molar-refractivity contribution >= 4 is 22.4 Å². The van der Waals surface area contributed by atoms with Crippen LogP contribution in [0.5, 0.6) is 0 Å². The Morgan fingerprint density at radius 1 is 1.06 bits per heavy atom. The zero-order valence-electron chi connectivity index (χ0n) is 21.0. The van der Waals surface area contributed by atoms with Gasteiger partial charge in [-0.2, -0.15) is 5.10 Å². The summed E-state index contributed by atoms with van der Waals surface area (Å²) >= 11 is 0. The van der Waals surface area contributed by atoms with Crippen LogP contribution in [0.25, 0.3) is 22.2 Å². The van der Waals surface area contributed by atoms with Crippen LogP contribution in [0.15, 0.2) is 41.5 Å². The molecular weight excluding hydrogens is 460 g/mol. The lowest BCUT2D eigenvalue weighted by Crippen LogP contribution is -2.25. The van der Waals surface area contributed by atoms with Gasteiger partial charge in [0.15, 0.2) is 0 Å². The molecule has 1 aliphatic heterocycles. The van der Waals surface area contributed by atoms with Gasteiger partial charge in [0.2, 0.25) is 0 Å². The molecule has 0 unspecified atom stereocenters. The number of alkyl halides is 2. The topological polar surface area (TPSA) is 48.0 Å². The first-order valence-electron chi connectivity index (χ1n) is 12.7. The molecule has 4 aromatic rings. The molecule has 1 fully saturated rings. The van der Waals surface area contributed by atoms with Gasteiger partial charge in [-0.15, -0.1) is 0 Å². The average molecular weight is 492 g/mol. The third kappa shape index (κ3) is 3.65. The van der Waals surface area contributed by atoms with Crippen LogP contribution in [0.4, 0.5) is 20.2 Å². The number of hydrogen-bond acceptors (Lipinski definition) is 3. The van der Waals surface area contributed by atoms with E-state index in [2.05, 4.69) is 16.1 Å². The molecule has 3 heterocycles. The highest BCUT2D eigenvalue weighted by Crippen LogP contribution is 2.42. The van der Waals surface area contributed by atoms with Crippen molar-refractivity contribution in [2.45, 2.75) is 45.0 Å². The van der Waals surface area contributed by atoms with E-state index < -0.39 is 6.43 Å². The summed E-state index contributed by atoms with van der Waals surface area (Å²) in [6, 6.07) is 7.83. The zero-order valence-corrected chi connectivity index (χ0v) is 21.0. The first-order chi connectivity index (χ1) is 17.3. The van der Waals surface area contributed by atoms with Crippen LogP contribution in [0.3, 0.4) is 0 Å². The third-order valence-electron chi connectivity index (χ3n) is 8.09. The van der Waals surface area contributed by atoms with E-state index in [4.69, 9.17) is 0 Å². The molecule has 1 saturated carbocycles. The number of halogens is 2. The van der Waals surface area contributed by atoms with E-state index in [1.165, 1.54) is 24.8 Å². The van der Waals surface area contributed by atoms with Gasteiger partial charge in [0.25, 0.3) is 6.43 Å². The van der Waals surface area contributed by atoms with Gasteiger partial charge in [-0.3, -0.25) is 13.8 Å². The van der Waals surface area contributed by atoms with Crippen molar-refractivity contribution in [2.75, 3.05) is 11.4 Å². The van der Waals surface area contributed by atoms with Gasteiger partial charge in [0.1, 0.15) is 0 Å². The van der Waals surface area contributed by atoms with Crippen molar-refractivity contribution < 1.29 is 8.78 Å². The van der Waals surface area contributed by atoms with Gasteiger partial charge in [-0.25, -0.2) is 13.6 Å². The molecule has 2 aliphatic rings. The molecule has 0 spiro atoms. The van der Waals surface area contributed by atoms with Gasteiger partial charge in [0, 0.05) is 56.4 Å². The minimum absolute atomic E-state index is 0.0246. The van der Waals surface area contributed by atoms with Gasteiger partial charge in [-0.1, -0.05) is 19.3 Å². The summed E-state index contributed by atoms with van der Waals surface area (Å²) in [6.07, 6.45) is 7.22. The second-order valence-electron chi connectivity index (χ2n) is 10.4. The Balaban J connectivity index is 1.51. The van der Waals surface area contributed by atoms with Crippen molar-refractivity contribution in [3.8, 4) is 11.1 Å². The second-order valence-corrected chi connectivity index (χ2v) is 10.4. The van der Waals surface area contributed by atoms with E-state index in [9.17, 15) is 13.6 Å². The Labute approximate surface area is 208 Å². The minimum atomic E-state index is -2.60. The SMILES string of the molecule is Cn1cc(-c2cc3c(cc2C(F)F)N(c2cc(CC4CCC4)c4c(c2)n(C)c(=O)n4C)CCC3)cn1. The van der Waals surface area contributed by atoms with Crippen molar-refractivity contribution in [3.05, 3.63) is 63.8 Å². The number of fused-ring (bicyclic) bond motifs is 2. The van der Waals surface area contributed by atoms with Crippen LogP contribution >= 0.6 is 0 Å². The number of aryl methyl sites for hydroxylation is 4. The molecule has 6 nitrogen and oxygen atoms in total. The maximum Gasteiger partial charge on any atom is 0.328 e. The van der Waals surface area contributed by atoms with E-state index in [1.54, 1.807) is 46.4 Å². The molecule has 6 rings (SSSR count). The minimum Gasteiger partial charge on any atom is -0.341 e. The van der Waals surface area contributed by atoms with E-state index in [0.717, 1.165) is 53.8 Å². The summed E-state index contributed by atoms with van der Waals surface area (Å²) in [5.41, 5.74) is 7.13. The second kappa shape index (κ2) is 8.61. The van der Waals surface area contributed by atoms with Crippen LogP contribution in [-0.2, 0) is 34.0 Å². The Morgan fingerprint density at radius 3 is 2.53 bits per heavy atom. The summed E-state index contributed by atoms with van der Waals surface area (Å²) < 4.78 is 33.7. The molecular formula is C28H31F2N5O. The first-order valence-corrected chi connectivity index (χ1v) is 12.7. The lowest BCUT2D eigenvalue weighted by atomic mass is 9.80. The Morgan fingerprint density at radius 2 is 1.86 bits per heavy atom. The van der Waals surface area contributed by atoms with Crippen LogP contribution in [0, 0.1) is 5.92 Å². The highest BCUT2D eigenvalue weighted by atomic mass is 19.3. The smallest absolute Gasteiger partial charge is 0.328 e. The normalized spacial score (nSPS) is 16.1. The standard InChI is InChI=1S/C28H31F2N5O/c1-32-16-20(15-31-32)22-12-18-8-5-9-35(24(18)14-23(22)27(29)30)21-11-19(10-17-6-4-7-17)26-25(13-21)33(2)28(36)34(26)3/h11-17,27H,4-10H2,1-3H3. The molecule has 188 valence electrons. The van der Waals surface area contributed by atoms with E-state index >= 15 is 0 Å². The molecule has 0 amide bonds. The van der Waals surface area contributed by atoms with Crippen molar-refractivity contribution in [2.24, 2.45) is 27.1 Å². The fraction of sp³-hybridized carbons (Fsp3) is 0.429. The van der Waals surface area contributed by atoms with Crippen molar-refractivity contribution in [1.82, 2.24) is 18.9 Å². The summed E-state index contributed by atoms with van der Waals surface area (Å²) in [6.45, 7) is 0.747. The molecule has 2 aromatic heterocycles. The van der Waals surface area contributed by atoms with Crippen LogP contribution in [0.1, 0.15) is 48.8 Å². The molecule has 2 aromatic carbocycles. The number of imidazole rings is 1. The number of aromatic nitrogens is 4. The van der Waals surface area contributed by atoms with E-state index in [0.29, 0.717) is 17.0 Å². The molecule has 0 radical (unpaired) electrons. The highest BCUT2D eigenvalue weighted by molar-refractivity contribution is 5.87. The Bertz CT molecular complexity index is 1530. The summed E-state index contributed by atoms with van der Waals surface area (Å²) in [5, 5.41) is 4.19. The lowest BCUT2D eigenvalue weighted by Gasteiger charge is -2.33. The van der Waals surface area contributed by atoms with E-state index in [-0.39, 0.29) is 11.3 Å². The molecule has 8 heteroatoms. The molecule has 36 heavy (non-hydrogen) atoms. The van der Waals surface area contributed by atoms with Gasteiger partial charge in [-0.05, 0) is 66.1 Å². The van der Waals surface area contributed by atoms with Gasteiger partial charge in [0.05, 0.1) is 17.2 Å². The van der Waals surface area contributed by atoms with Crippen molar-refractivity contribution in [3.63, 3.8) is 0 Å². The number of nitrogens with zero attached hydrogens (tertiary/aromatic N) is 5. The molecule has 0 bridgehead atoms. The maximum atomic E-state index is 14.3. The molecule has 0 atom stereocenters. The van der Waals surface area contributed by atoms with Crippen LogP contribution in [-0.4, -0.2) is 25.5 Å². The fourth-order valence-electron chi connectivity index (χ4n) is 5.96. The maximum absolute atomic E-state index is 14.3. The van der Waals surface area contributed by atoms with Gasteiger partial charge < -0.3 is 4.90 Å². The Kier molecular flexibility index (Phi) is 5.50. The lowest BCUT2D eigenvalue weighted by molar-refractivity contribution is 0.152. The summed E-state index contributed by atoms with van der Waals surface area (Å²) in [7, 11) is 5.43. The summed E-state index contributed by atoms with van der Waals surface area (Å²) in [4.78, 5) is 15.0. The van der Waals surface area contributed by atoms with Gasteiger partial charge >= 0.3 is 5.69 Å². The fourth-order valence-corrected chi connectivity index (χ4v) is 5.96. The first kappa shape index (κ1) is 23.0. The largest absolute Gasteiger partial charge is 0.341 e. The zero-order chi connectivity index (χ0) is 25.1. The third-order valence-corrected chi connectivity index (χ3v) is 8.09. The molecule has 0 N–H and O–H groups in total. The summed E-state index contributed by atoms with van der Waals surface area (Å²) in [5.74, 6) is 0.639. The van der Waals surface area contributed by atoms with E-state index in [1.807, 2.05) is 19.2 Å².